The van der Waals surface area contributed by atoms with Crippen LogP contribution in [0.4, 0.5) is 10.1 Å². The van der Waals surface area contributed by atoms with Crippen LogP contribution in [-0.4, -0.2) is 93.4 Å². The Balaban J connectivity index is 0.784. The monoisotopic (exact) mass is 960 g/mol. The highest BCUT2D eigenvalue weighted by Crippen LogP contribution is 2.66. The molecule has 2 bridgehead atoms. The second kappa shape index (κ2) is 16.7. The summed E-state index contributed by atoms with van der Waals surface area (Å²) in [6, 6.07) is 14.1. The molecule has 6 amide bonds. The Kier molecular flexibility index (Phi) is 11.1. The van der Waals surface area contributed by atoms with Crippen molar-refractivity contribution >= 4 is 64.3 Å². The molecular formula is C53H55Cl2FN6O6. The van der Waals surface area contributed by atoms with Gasteiger partial charge in [0.05, 0.1) is 11.1 Å². The van der Waals surface area contributed by atoms with Gasteiger partial charge in [0.15, 0.2) is 0 Å². The second-order valence-corrected chi connectivity index (χ2v) is 21.7. The first-order chi connectivity index (χ1) is 32.7. The number of likely N-dealkylation sites (N-methyl/N-ethyl adjacent to an activating group) is 1. The van der Waals surface area contributed by atoms with Gasteiger partial charge in [0.2, 0.25) is 29.5 Å². The van der Waals surface area contributed by atoms with Crippen molar-refractivity contribution in [3.63, 3.8) is 0 Å². The van der Waals surface area contributed by atoms with Crippen molar-refractivity contribution in [2.75, 3.05) is 25.5 Å². The number of imide groups is 1. The number of nitrogens with one attached hydrogen (secondary N) is 3. The molecule has 3 aromatic carbocycles. The number of hydrogen-bond donors (Lipinski definition) is 3. The van der Waals surface area contributed by atoms with Gasteiger partial charge >= 0.3 is 0 Å². The van der Waals surface area contributed by atoms with E-state index in [9.17, 15) is 24.0 Å². The number of halogens is 3. The van der Waals surface area contributed by atoms with Gasteiger partial charge in [0, 0.05) is 76.2 Å². The lowest BCUT2D eigenvalue weighted by molar-refractivity contribution is -0.152. The van der Waals surface area contributed by atoms with Crippen LogP contribution < -0.4 is 16.0 Å². The predicted octanol–water partition coefficient (Wildman–Crippen LogP) is 7.38. The number of anilines is 1. The smallest absolute Gasteiger partial charge is 0.255 e. The first-order valence-corrected chi connectivity index (χ1v) is 25.1. The van der Waals surface area contributed by atoms with E-state index in [1.165, 1.54) is 6.07 Å². The molecule has 354 valence electrons. The molecular weight excluding hydrogens is 907 g/mol. The minimum atomic E-state index is -1.31. The van der Waals surface area contributed by atoms with Gasteiger partial charge < -0.3 is 20.4 Å². The van der Waals surface area contributed by atoms with Crippen LogP contribution in [0, 0.1) is 29.0 Å². The number of piperidine rings is 2. The molecule has 12 nitrogen and oxygen atoms in total. The van der Waals surface area contributed by atoms with Gasteiger partial charge in [-0.05, 0) is 125 Å². The number of hydrogen-bond acceptors (Lipinski definition) is 7. The summed E-state index contributed by atoms with van der Waals surface area (Å²) in [7, 11) is 1.94. The molecule has 1 unspecified atom stereocenters. The summed E-state index contributed by atoms with van der Waals surface area (Å²) in [5.74, 6) is 3.99. The van der Waals surface area contributed by atoms with E-state index in [1.54, 1.807) is 35.2 Å². The van der Waals surface area contributed by atoms with Crippen molar-refractivity contribution in [3.05, 3.63) is 98.3 Å². The number of nitrogens with zero attached hydrogens (tertiary/aromatic N) is 3. The molecule has 4 atom stereocenters. The Labute approximate surface area is 405 Å². The lowest BCUT2D eigenvalue weighted by atomic mass is 9.55. The zero-order valence-electron chi connectivity index (χ0n) is 38.2. The zero-order valence-corrected chi connectivity index (χ0v) is 39.7. The van der Waals surface area contributed by atoms with E-state index in [2.05, 4.69) is 32.7 Å². The van der Waals surface area contributed by atoms with Gasteiger partial charge in [0.25, 0.3) is 5.91 Å². The van der Waals surface area contributed by atoms with Crippen LogP contribution >= 0.6 is 23.2 Å². The molecule has 7 fully saturated rings. The Morgan fingerprint density at radius 1 is 0.853 bits per heavy atom. The molecule has 5 heterocycles. The molecule has 2 spiro atoms. The summed E-state index contributed by atoms with van der Waals surface area (Å²) < 4.78 is 16.6. The molecule has 15 heteroatoms. The van der Waals surface area contributed by atoms with Crippen molar-refractivity contribution < 1.29 is 33.2 Å². The van der Waals surface area contributed by atoms with Crippen molar-refractivity contribution in [2.45, 2.75) is 137 Å². The van der Waals surface area contributed by atoms with Crippen LogP contribution in [0.15, 0.2) is 54.6 Å². The van der Waals surface area contributed by atoms with Gasteiger partial charge in [-0.25, -0.2) is 4.39 Å². The maximum atomic E-state index is 16.6. The van der Waals surface area contributed by atoms with Crippen molar-refractivity contribution in [1.29, 1.82) is 0 Å². The average Bonchev–Trinajstić information content (AvgIpc) is 3.91. The van der Waals surface area contributed by atoms with E-state index in [0.29, 0.717) is 87.2 Å². The van der Waals surface area contributed by atoms with Gasteiger partial charge in [-0.1, -0.05) is 78.6 Å². The SMILES string of the molecule is CN1[C@@H](C(=O)NC23CCC(C(=O)N4CCC(C#Cc5cccc6c5CN(C5CCC(=O)NC5=O)C6=O)CC4)(CC2)CC3)[C@H](c2cccc(Cl)c2F)[C@]2(C(=O)Nc3cc(Cl)ccc32)C12CCCCC2. The van der Waals surface area contributed by atoms with Crippen molar-refractivity contribution in [1.82, 2.24) is 25.3 Å². The maximum absolute atomic E-state index is 16.6. The van der Waals surface area contributed by atoms with Crippen LogP contribution in [-0.2, 0) is 35.9 Å². The second-order valence-electron chi connectivity index (χ2n) is 20.8. The fourth-order valence-corrected chi connectivity index (χ4v) is 14.6. The van der Waals surface area contributed by atoms with Crippen LogP contribution in [0.2, 0.25) is 10.0 Å². The molecule has 12 rings (SSSR count). The van der Waals surface area contributed by atoms with E-state index >= 15 is 9.18 Å². The lowest BCUT2D eigenvalue weighted by Crippen LogP contribution is -2.63. The highest BCUT2D eigenvalue weighted by Gasteiger charge is 2.75. The van der Waals surface area contributed by atoms with Gasteiger partial charge in [-0.2, -0.15) is 0 Å². The fourth-order valence-electron chi connectivity index (χ4n) is 14.2. The third-order valence-electron chi connectivity index (χ3n) is 17.8. The van der Waals surface area contributed by atoms with Gasteiger partial charge in [-0.3, -0.25) is 39.0 Å². The van der Waals surface area contributed by atoms with E-state index in [0.717, 1.165) is 48.8 Å². The third kappa shape index (κ3) is 6.78. The summed E-state index contributed by atoms with van der Waals surface area (Å²) in [5.41, 5.74) is 0.484. The molecule has 0 aromatic heterocycles. The topological polar surface area (TPSA) is 148 Å². The Morgan fingerprint density at radius 2 is 1.57 bits per heavy atom. The molecule has 9 aliphatic rings. The minimum absolute atomic E-state index is 0.0643. The van der Waals surface area contributed by atoms with E-state index in [-0.39, 0.29) is 59.0 Å². The number of amides is 6. The third-order valence-corrected chi connectivity index (χ3v) is 18.3. The van der Waals surface area contributed by atoms with E-state index in [4.69, 9.17) is 23.2 Å². The van der Waals surface area contributed by atoms with Gasteiger partial charge in [0.1, 0.15) is 17.3 Å². The molecule has 3 aromatic rings. The number of rotatable bonds is 5. The lowest BCUT2D eigenvalue weighted by Gasteiger charge is -2.54. The van der Waals surface area contributed by atoms with E-state index < -0.39 is 51.6 Å². The molecule has 68 heavy (non-hydrogen) atoms. The zero-order chi connectivity index (χ0) is 47.3. The average molecular weight is 962 g/mol. The molecule has 3 saturated heterocycles. The quantitative estimate of drug-likeness (QED) is 0.179. The fraction of sp³-hybridized carbons (Fsp3) is 0.509. The summed E-state index contributed by atoms with van der Waals surface area (Å²) in [6.07, 6.45) is 9.85. The molecule has 5 aliphatic heterocycles. The van der Waals surface area contributed by atoms with Gasteiger partial charge in [-0.15, -0.1) is 0 Å². The highest BCUT2D eigenvalue weighted by atomic mass is 35.5. The predicted molar refractivity (Wildman–Crippen MR) is 253 cm³/mol. The van der Waals surface area contributed by atoms with Crippen LogP contribution in [0.3, 0.4) is 0 Å². The first-order valence-electron chi connectivity index (χ1n) is 24.4. The van der Waals surface area contributed by atoms with Crippen LogP contribution in [0.1, 0.15) is 135 Å². The summed E-state index contributed by atoms with van der Waals surface area (Å²) >= 11 is 13.0. The Bertz CT molecular complexity index is 2730. The molecule has 4 aliphatic carbocycles. The minimum Gasteiger partial charge on any atom is -0.349 e. The summed E-state index contributed by atoms with van der Waals surface area (Å²) in [6.45, 7) is 1.45. The number of fused-ring (bicyclic) bond motifs is 7. The first kappa shape index (κ1) is 45.2. The van der Waals surface area contributed by atoms with Crippen LogP contribution in [0.25, 0.3) is 0 Å². The van der Waals surface area contributed by atoms with Crippen LogP contribution in [0.5, 0.6) is 0 Å². The summed E-state index contributed by atoms with van der Waals surface area (Å²) in [5, 5.41) is 9.43. The normalized spacial score (nSPS) is 30.8. The number of carbonyl (C=O) groups is 6. The van der Waals surface area contributed by atoms with E-state index in [1.807, 2.05) is 30.1 Å². The summed E-state index contributed by atoms with van der Waals surface area (Å²) in [4.78, 5) is 88.1. The van der Waals surface area contributed by atoms with Crippen molar-refractivity contribution in [2.24, 2.45) is 11.3 Å². The Hall–Kier alpha value is -5.29. The highest BCUT2D eigenvalue weighted by molar-refractivity contribution is 6.31. The van der Waals surface area contributed by atoms with Crippen molar-refractivity contribution in [3.8, 4) is 11.8 Å². The molecule has 3 N–H and O–H groups in total. The maximum Gasteiger partial charge on any atom is 0.255 e. The number of benzene rings is 3. The molecule has 0 radical (unpaired) electrons. The number of carbonyl (C=O) groups excluding carboxylic acids is 6. The largest absolute Gasteiger partial charge is 0.349 e. The number of likely N-dealkylation sites (tertiary alicyclic amines) is 2. The Morgan fingerprint density at radius 3 is 2.29 bits per heavy atom. The molecule has 4 saturated carbocycles. The standard InChI is InChI=1S/C53H55Cl2FN6O6/c1-60-44(42(35-9-6-10-38(55)43(35)56)53(52(60)19-3-2-4-20-52)37-14-13-33(54)29-39(37)57-48(53)67)46(65)59-51-24-21-50(22-25-51,23-26-51)49(68)61-27-17-31(18-28-61)11-12-32-7-5-8-34-36(32)30-62(47(34)66)40-15-16-41(63)58-45(40)64/h5-10,13-14,29,31,40,42,44H,2-4,15-28,30H2,1H3,(H,57,67)(H,59,65)(H,58,63,64)/t40?,42-,44+,50?,51?,53+/m0/s1.